The molecule has 19 heavy (non-hydrogen) atoms. The summed E-state index contributed by atoms with van der Waals surface area (Å²) in [5.74, 6) is -0.731. The molecule has 1 heterocycles. The van der Waals surface area contributed by atoms with Crippen molar-refractivity contribution >= 4 is 44.3 Å². The zero-order chi connectivity index (χ0) is 14.0. The first-order valence-electron chi connectivity index (χ1n) is 5.06. The molecule has 1 aromatic heterocycles. The van der Waals surface area contributed by atoms with Crippen molar-refractivity contribution in [3.63, 3.8) is 0 Å². The van der Waals surface area contributed by atoms with Crippen LogP contribution >= 0.6 is 23.6 Å². The third kappa shape index (κ3) is 3.09. The second-order valence-corrected chi connectivity index (χ2v) is 6.89. The van der Waals surface area contributed by atoms with Gasteiger partial charge in [0.2, 0.25) is 0 Å². The van der Waals surface area contributed by atoms with Gasteiger partial charge in [0.15, 0.2) is 0 Å². The molecule has 3 N–H and O–H groups in total. The van der Waals surface area contributed by atoms with E-state index in [1.807, 2.05) is 0 Å². The molecule has 2 rings (SSSR count). The lowest BCUT2D eigenvalue weighted by Gasteiger charge is -2.08. The molecule has 0 aliphatic rings. The second-order valence-electron chi connectivity index (χ2n) is 3.60. The van der Waals surface area contributed by atoms with Crippen LogP contribution in [-0.2, 0) is 10.0 Å². The Morgan fingerprint density at radius 1 is 1.37 bits per heavy atom. The number of thiophene rings is 1. The molecule has 2 aromatic rings. The lowest BCUT2D eigenvalue weighted by Crippen LogP contribution is -2.14. The third-order valence-electron chi connectivity index (χ3n) is 2.26. The Morgan fingerprint density at radius 3 is 2.63 bits per heavy atom. The fourth-order valence-corrected chi connectivity index (χ4v) is 3.55. The van der Waals surface area contributed by atoms with Crippen LogP contribution in [0.5, 0.6) is 0 Å². The number of hydrogen-bond acceptors (Lipinski definition) is 4. The number of halogens is 1. The Labute approximate surface area is 119 Å². The SMILES string of the molecule is NC(=S)c1ccc(NS(=O)(=O)c2cccs2)c(F)c1. The highest BCUT2D eigenvalue weighted by Crippen LogP contribution is 2.22. The first-order chi connectivity index (χ1) is 8.90. The molecule has 0 spiro atoms. The van der Waals surface area contributed by atoms with Gasteiger partial charge in [0, 0.05) is 5.56 Å². The van der Waals surface area contributed by atoms with E-state index in [-0.39, 0.29) is 14.9 Å². The number of sulfonamides is 1. The highest BCUT2D eigenvalue weighted by molar-refractivity contribution is 7.94. The Hall–Kier alpha value is -1.51. The minimum absolute atomic E-state index is 0.0477. The summed E-state index contributed by atoms with van der Waals surface area (Å²) in [6, 6.07) is 6.88. The molecule has 1 aromatic carbocycles. The van der Waals surface area contributed by atoms with Crippen molar-refractivity contribution in [1.82, 2.24) is 0 Å². The van der Waals surface area contributed by atoms with E-state index in [0.717, 1.165) is 17.4 Å². The van der Waals surface area contributed by atoms with Gasteiger partial charge in [-0.05, 0) is 29.6 Å². The summed E-state index contributed by atoms with van der Waals surface area (Å²) >= 11 is 5.76. The predicted molar refractivity (Wildman–Crippen MR) is 77.4 cm³/mol. The normalized spacial score (nSPS) is 11.2. The molecule has 0 fully saturated rings. The Balaban J connectivity index is 2.32. The van der Waals surface area contributed by atoms with Gasteiger partial charge >= 0.3 is 0 Å². The number of thiocarbonyl (C=S) groups is 1. The Kier molecular flexibility index (Phi) is 3.83. The van der Waals surface area contributed by atoms with E-state index in [9.17, 15) is 12.8 Å². The molecular formula is C11H9FN2O2S3. The summed E-state index contributed by atoms with van der Waals surface area (Å²) in [6.07, 6.45) is 0. The molecule has 0 unspecified atom stereocenters. The average molecular weight is 316 g/mol. The van der Waals surface area contributed by atoms with E-state index in [1.165, 1.54) is 18.2 Å². The van der Waals surface area contributed by atoms with E-state index in [0.29, 0.717) is 5.56 Å². The smallest absolute Gasteiger partial charge is 0.271 e. The van der Waals surface area contributed by atoms with Crippen LogP contribution in [0.2, 0.25) is 0 Å². The summed E-state index contributed by atoms with van der Waals surface area (Å²) in [7, 11) is -3.76. The van der Waals surface area contributed by atoms with Crippen LogP contribution in [0.4, 0.5) is 10.1 Å². The summed E-state index contributed by atoms with van der Waals surface area (Å²) in [5.41, 5.74) is 5.56. The largest absolute Gasteiger partial charge is 0.389 e. The van der Waals surface area contributed by atoms with Crippen molar-refractivity contribution in [2.24, 2.45) is 5.73 Å². The van der Waals surface area contributed by atoms with Crippen LogP contribution in [0.15, 0.2) is 39.9 Å². The quantitative estimate of drug-likeness (QED) is 0.849. The van der Waals surface area contributed by atoms with Crippen LogP contribution in [0.25, 0.3) is 0 Å². The predicted octanol–water partition coefficient (Wildman–Crippen LogP) is 2.32. The van der Waals surface area contributed by atoms with E-state index in [4.69, 9.17) is 18.0 Å². The van der Waals surface area contributed by atoms with Gasteiger partial charge in [0.25, 0.3) is 10.0 Å². The second kappa shape index (κ2) is 5.24. The van der Waals surface area contributed by atoms with E-state index in [1.54, 1.807) is 11.4 Å². The monoisotopic (exact) mass is 316 g/mol. The maximum atomic E-state index is 13.7. The molecule has 4 nitrogen and oxygen atoms in total. The standard InChI is InChI=1S/C11H9FN2O2S3/c12-8-6-7(11(13)17)3-4-9(8)14-19(15,16)10-2-1-5-18-10/h1-6,14H,(H2,13,17). The van der Waals surface area contributed by atoms with Gasteiger partial charge in [-0.2, -0.15) is 0 Å². The van der Waals surface area contributed by atoms with Gasteiger partial charge in [0.1, 0.15) is 15.0 Å². The molecule has 8 heteroatoms. The molecule has 0 radical (unpaired) electrons. The van der Waals surface area contributed by atoms with Crippen molar-refractivity contribution < 1.29 is 12.8 Å². The van der Waals surface area contributed by atoms with Crippen molar-refractivity contribution in [3.8, 4) is 0 Å². The summed E-state index contributed by atoms with van der Waals surface area (Å²) < 4.78 is 39.9. The highest BCUT2D eigenvalue weighted by atomic mass is 32.2. The van der Waals surface area contributed by atoms with Crippen LogP contribution in [-0.4, -0.2) is 13.4 Å². The molecule has 100 valence electrons. The average Bonchev–Trinajstić information content (AvgIpc) is 2.85. The third-order valence-corrected chi connectivity index (χ3v) is 5.26. The van der Waals surface area contributed by atoms with Crippen LogP contribution in [0, 0.1) is 5.82 Å². The van der Waals surface area contributed by atoms with E-state index in [2.05, 4.69) is 4.72 Å². The Bertz CT molecular complexity index is 712. The zero-order valence-corrected chi connectivity index (χ0v) is 11.9. The number of hydrogen-bond donors (Lipinski definition) is 2. The first-order valence-corrected chi connectivity index (χ1v) is 7.83. The lowest BCUT2D eigenvalue weighted by atomic mass is 10.2. The maximum absolute atomic E-state index is 13.7. The molecule has 0 saturated carbocycles. The van der Waals surface area contributed by atoms with Crippen molar-refractivity contribution in [2.75, 3.05) is 4.72 Å². The number of rotatable bonds is 4. The van der Waals surface area contributed by atoms with Crippen LogP contribution < -0.4 is 10.5 Å². The fraction of sp³-hybridized carbons (Fsp3) is 0. The molecule has 0 amide bonds. The zero-order valence-electron chi connectivity index (χ0n) is 9.46. The highest BCUT2D eigenvalue weighted by Gasteiger charge is 2.17. The fourth-order valence-electron chi connectivity index (χ4n) is 1.36. The van der Waals surface area contributed by atoms with E-state index < -0.39 is 15.8 Å². The topological polar surface area (TPSA) is 72.2 Å². The molecule has 0 saturated heterocycles. The molecule has 0 atom stereocenters. The number of anilines is 1. The van der Waals surface area contributed by atoms with E-state index >= 15 is 0 Å². The molecule has 0 aliphatic heterocycles. The van der Waals surface area contributed by atoms with Crippen molar-refractivity contribution in [3.05, 3.63) is 47.1 Å². The maximum Gasteiger partial charge on any atom is 0.271 e. The van der Waals surface area contributed by atoms with Gasteiger partial charge < -0.3 is 5.73 Å². The molecular weight excluding hydrogens is 307 g/mol. The van der Waals surface area contributed by atoms with Crippen molar-refractivity contribution in [2.45, 2.75) is 4.21 Å². The number of nitrogens with two attached hydrogens (primary N) is 1. The lowest BCUT2D eigenvalue weighted by molar-refractivity contribution is 0.600. The first kappa shape index (κ1) is 13.9. The number of benzene rings is 1. The molecule has 0 bridgehead atoms. The molecule has 0 aliphatic carbocycles. The minimum atomic E-state index is -3.76. The van der Waals surface area contributed by atoms with Gasteiger partial charge in [-0.25, -0.2) is 12.8 Å². The van der Waals surface area contributed by atoms with Crippen LogP contribution in [0.1, 0.15) is 5.56 Å². The summed E-state index contributed by atoms with van der Waals surface area (Å²) in [6.45, 7) is 0. The van der Waals surface area contributed by atoms with Gasteiger partial charge in [-0.3, -0.25) is 4.72 Å². The minimum Gasteiger partial charge on any atom is -0.389 e. The van der Waals surface area contributed by atoms with Crippen LogP contribution in [0.3, 0.4) is 0 Å². The van der Waals surface area contributed by atoms with Gasteiger partial charge in [-0.1, -0.05) is 18.3 Å². The number of nitrogens with one attached hydrogen (secondary N) is 1. The van der Waals surface area contributed by atoms with Gasteiger partial charge in [-0.15, -0.1) is 11.3 Å². The summed E-state index contributed by atoms with van der Waals surface area (Å²) in [4.78, 5) is 0.0477. The Morgan fingerprint density at radius 2 is 2.11 bits per heavy atom. The van der Waals surface area contributed by atoms with Gasteiger partial charge in [0.05, 0.1) is 5.69 Å². The van der Waals surface area contributed by atoms with Crippen molar-refractivity contribution in [1.29, 1.82) is 0 Å². The summed E-state index contributed by atoms with van der Waals surface area (Å²) in [5, 5.41) is 1.63.